The summed E-state index contributed by atoms with van der Waals surface area (Å²) in [5, 5.41) is 0. The molecular formula is C28H26Br2N2O6. The molecule has 8 nitrogen and oxygen atoms in total. The summed E-state index contributed by atoms with van der Waals surface area (Å²) < 4.78 is 10.8. The molecule has 2 saturated heterocycles. The average Bonchev–Trinajstić information content (AvgIpc) is 3.62. The molecule has 38 heavy (non-hydrogen) atoms. The molecule has 4 fully saturated rings. The zero-order valence-corrected chi connectivity index (χ0v) is 24.0. The number of halogens is 2. The van der Waals surface area contributed by atoms with Crippen LogP contribution in [0, 0.1) is 36.5 Å². The zero-order chi connectivity index (χ0) is 26.9. The van der Waals surface area contributed by atoms with Crippen LogP contribution in [0.1, 0.15) is 18.4 Å². The van der Waals surface area contributed by atoms with E-state index in [0.29, 0.717) is 28.4 Å². The van der Waals surface area contributed by atoms with Gasteiger partial charge < -0.3 is 14.4 Å². The van der Waals surface area contributed by atoms with Gasteiger partial charge in [0.1, 0.15) is 11.5 Å². The number of methoxy groups -OCH3 is 1. The second-order valence-corrected chi connectivity index (χ2v) is 12.6. The van der Waals surface area contributed by atoms with Crippen LogP contribution >= 0.6 is 31.9 Å². The molecule has 0 radical (unpaired) electrons. The molecule has 198 valence electrons. The number of ether oxygens (including phenoxy) is 2. The van der Waals surface area contributed by atoms with Crippen LogP contribution in [-0.4, -0.2) is 47.0 Å². The van der Waals surface area contributed by atoms with Gasteiger partial charge in [-0.25, -0.2) is 4.90 Å². The molecule has 2 heterocycles. The summed E-state index contributed by atoms with van der Waals surface area (Å²) in [6.45, 7) is 2.02. The molecular weight excluding hydrogens is 620 g/mol. The van der Waals surface area contributed by atoms with E-state index in [0.717, 1.165) is 6.42 Å². The lowest BCUT2D eigenvalue weighted by Gasteiger charge is -2.28. The Balaban J connectivity index is 1.15. The van der Waals surface area contributed by atoms with E-state index >= 15 is 0 Å². The van der Waals surface area contributed by atoms with Gasteiger partial charge in [0.15, 0.2) is 0 Å². The van der Waals surface area contributed by atoms with Gasteiger partial charge in [0, 0.05) is 28.3 Å². The molecule has 2 aromatic carbocycles. The number of benzene rings is 2. The molecule has 0 aromatic heterocycles. The Hall–Kier alpha value is -2.72. The lowest BCUT2D eigenvalue weighted by molar-refractivity contribution is -0.139. The predicted octanol–water partition coefficient (Wildman–Crippen LogP) is 4.24. The smallest absolute Gasteiger partial charge is 0.316 e. The van der Waals surface area contributed by atoms with E-state index in [4.69, 9.17) is 9.47 Å². The van der Waals surface area contributed by atoms with Gasteiger partial charge in [0.25, 0.3) is 0 Å². The number of alkyl halides is 2. The van der Waals surface area contributed by atoms with Gasteiger partial charge in [-0.3, -0.25) is 19.2 Å². The Morgan fingerprint density at radius 1 is 0.921 bits per heavy atom. The molecule has 3 amide bonds. The van der Waals surface area contributed by atoms with Crippen LogP contribution in [0.4, 0.5) is 11.4 Å². The summed E-state index contributed by atoms with van der Waals surface area (Å²) in [7, 11) is 1.57. The number of nitrogens with zero attached hydrogens (tertiary/aromatic N) is 2. The molecule has 7 atom stereocenters. The van der Waals surface area contributed by atoms with Crippen molar-refractivity contribution in [2.45, 2.75) is 29.4 Å². The Kier molecular flexibility index (Phi) is 6.38. The monoisotopic (exact) mass is 644 g/mol. The number of esters is 1. The first kappa shape index (κ1) is 25.6. The molecule has 0 unspecified atom stereocenters. The average molecular weight is 646 g/mol. The minimum atomic E-state index is -0.601. The molecule has 6 rings (SSSR count). The number of aryl methyl sites for hydroxylation is 1. The third-order valence-corrected chi connectivity index (χ3v) is 11.7. The second kappa shape index (κ2) is 9.48. The molecule has 10 heteroatoms. The standard InChI is InChI=1S/C28H26Br2N2O6/c1-13-9-17(38-28(36)14-10-21(33)31(12-14)15-3-5-16(37-2)6-4-15)7-8-20(13)32-26(34)22-18-11-19(23(22)27(32)35)25(30)24(18)29/h3-9,14,18-19,22-25H,10-12H2,1-2H3/t14-,18-,19-,22-,23-,24+,25+/m1/s1. The van der Waals surface area contributed by atoms with Crippen LogP contribution in [0.2, 0.25) is 0 Å². The van der Waals surface area contributed by atoms with Gasteiger partial charge in [-0.15, -0.1) is 0 Å². The highest BCUT2D eigenvalue weighted by molar-refractivity contribution is 9.12. The Morgan fingerprint density at radius 2 is 1.53 bits per heavy atom. The summed E-state index contributed by atoms with van der Waals surface area (Å²) >= 11 is 7.43. The van der Waals surface area contributed by atoms with Crippen molar-refractivity contribution in [3.63, 3.8) is 0 Å². The van der Waals surface area contributed by atoms with E-state index in [1.54, 1.807) is 61.4 Å². The Labute approximate surface area is 236 Å². The molecule has 2 aliphatic carbocycles. The first-order valence-electron chi connectivity index (χ1n) is 12.6. The van der Waals surface area contributed by atoms with Crippen LogP contribution < -0.4 is 19.3 Å². The van der Waals surface area contributed by atoms with Crippen molar-refractivity contribution in [2.24, 2.45) is 29.6 Å². The van der Waals surface area contributed by atoms with Crippen molar-refractivity contribution in [1.82, 2.24) is 0 Å². The maximum absolute atomic E-state index is 13.4. The molecule has 2 saturated carbocycles. The van der Waals surface area contributed by atoms with E-state index < -0.39 is 11.9 Å². The number of imide groups is 1. The molecule has 2 bridgehead atoms. The van der Waals surface area contributed by atoms with Crippen molar-refractivity contribution in [3.05, 3.63) is 48.0 Å². The molecule has 0 spiro atoms. The van der Waals surface area contributed by atoms with E-state index in [-0.39, 0.29) is 64.0 Å². The van der Waals surface area contributed by atoms with E-state index in [1.165, 1.54) is 4.90 Å². The molecule has 2 aromatic rings. The topological polar surface area (TPSA) is 93.2 Å². The van der Waals surface area contributed by atoms with Crippen LogP contribution in [0.25, 0.3) is 0 Å². The minimum absolute atomic E-state index is 0.0625. The number of amides is 3. The van der Waals surface area contributed by atoms with Crippen LogP contribution in [-0.2, 0) is 19.2 Å². The second-order valence-electron chi connectivity index (χ2n) is 10.5. The van der Waals surface area contributed by atoms with Crippen molar-refractivity contribution in [3.8, 4) is 11.5 Å². The highest BCUT2D eigenvalue weighted by Gasteiger charge is 2.66. The van der Waals surface area contributed by atoms with E-state index in [1.807, 2.05) is 0 Å². The number of anilines is 2. The highest BCUT2D eigenvalue weighted by Crippen LogP contribution is 2.60. The largest absolute Gasteiger partial charge is 0.497 e. The molecule has 4 aliphatic rings. The van der Waals surface area contributed by atoms with Crippen LogP contribution in [0.15, 0.2) is 42.5 Å². The number of hydrogen-bond donors (Lipinski definition) is 0. The van der Waals surface area contributed by atoms with Crippen molar-refractivity contribution in [1.29, 1.82) is 0 Å². The van der Waals surface area contributed by atoms with Crippen molar-refractivity contribution < 1.29 is 28.7 Å². The quantitative estimate of drug-likeness (QED) is 0.209. The zero-order valence-electron chi connectivity index (χ0n) is 20.8. The normalized spacial score (nSPS) is 31.8. The van der Waals surface area contributed by atoms with Gasteiger partial charge in [-0.05, 0) is 73.2 Å². The SMILES string of the molecule is COc1ccc(N2C[C@H](C(=O)Oc3ccc(N4C(=O)[C@@H]5[C@H]6C[C@@H]([C@H](Br)[C@H]6Br)[C@H]5C4=O)c(C)c3)CC2=O)cc1. The molecule has 2 aliphatic heterocycles. The predicted molar refractivity (Wildman–Crippen MR) is 147 cm³/mol. The number of hydrogen-bond acceptors (Lipinski definition) is 6. The van der Waals surface area contributed by atoms with Crippen LogP contribution in [0.5, 0.6) is 11.5 Å². The Bertz CT molecular complexity index is 1320. The van der Waals surface area contributed by atoms with Crippen molar-refractivity contribution >= 4 is 66.9 Å². The maximum Gasteiger partial charge on any atom is 0.316 e. The highest BCUT2D eigenvalue weighted by atomic mass is 79.9. The van der Waals surface area contributed by atoms with E-state index in [2.05, 4.69) is 31.9 Å². The number of carbonyl (C=O) groups excluding carboxylic acids is 4. The first-order chi connectivity index (χ1) is 18.2. The molecule has 0 N–H and O–H groups in total. The summed E-state index contributed by atoms with van der Waals surface area (Å²) in [6, 6.07) is 12.0. The fourth-order valence-corrected chi connectivity index (χ4v) is 8.48. The minimum Gasteiger partial charge on any atom is -0.497 e. The summed E-state index contributed by atoms with van der Waals surface area (Å²) in [4.78, 5) is 55.5. The fraction of sp³-hybridized carbons (Fsp3) is 0.429. The Morgan fingerprint density at radius 3 is 2.11 bits per heavy atom. The summed E-state index contributed by atoms with van der Waals surface area (Å²) in [5.74, 6) is -0.846. The number of fused-ring (bicyclic) bond motifs is 5. The fourth-order valence-electron chi connectivity index (χ4n) is 6.61. The van der Waals surface area contributed by atoms with Gasteiger partial charge in [0.05, 0.1) is 30.6 Å². The lowest BCUT2D eigenvalue weighted by Crippen LogP contribution is -2.37. The third kappa shape index (κ3) is 3.90. The van der Waals surface area contributed by atoms with Gasteiger partial charge in [-0.1, -0.05) is 31.9 Å². The van der Waals surface area contributed by atoms with Crippen molar-refractivity contribution in [2.75, 3.05) is 23.5 Å². The third-order valence-electron chi connectivity index (χ3n) is 8.46. The van der Waals surface area contributed by atoms with Gasteiger partial charge in [-0.2, -0.15) is 0 Å². The maximum atomic E-state index is 13.4. The lowest BCUT2D eigenvalue weighted by atomic mass is 9.81. The van der Waals surface area contributed by atoms with E-state index in [9.17, 15) is 19.2 Å². The number of carbonyl (C=O) groups is 4. The first-order valence-corrected chi connectivity index (χ1v) is 14.5. The summed E-state index contributed by atoms with van der Waals surface area (Å²) in [5.41, 5.74) is 1.88. The van der Waals surface area contributed by atoms with Crippen LogP contribution in [0.3, 0.4) is 0 Å². The van der Waals surface area contributed by atoms with Gasteiger partial charge in [0.2, 0.25) is 17.7 Å². The van der Waals surface area contributed by atoms with Gasteiger partial charge >= 0.3 is 5.97 Å². The summed E-state index contributed by atoms with van der Waals surface area (Å²) in [6.07, 6.45) is 0.937. The number of rotatable bonds is 5.